The number of hydrogen-bond donors (Lipinski definition) is 0. The Morgan fingerprint density at radius 2 is 1.82 bits per heavy atom. The molecule has 0 aromatic carbocycles. The zero-order chi connectivity index (χ0) is 8.27. The van der Waals surface area contributed by atoms with Crippen molar-refractivity contribution in [3.8, 4) is 0 Å². The van der Waals surface area contributed by atoms with Crippen LogP contribution in [0.15, 0.2) is 0 Å². The Morgan fingerprint density at radius 1 is 1.27 bits per heavy atom. The van der Waals surface area contributed by atoms with E-state index in [1.54, 1.807) is 0 Å². The molecule has 0 N–H and O–H groups in total. The molecule has 0 aromatic rings. The minimum absolute atomic E-state index is 0.0785. The molecule has 11 heavy (non-hydrogen) atoms. The highest BCUT2D eigenvalue weighted by Gasteiger charge is 2.21. The van der Waals surface area contributed by atoms with Crippen molar-refractivity contribution in [3.63, 3.8) is 0 Å². The second-order valence-corrected chi connectivity index (χ2v) is 2.93. The third-order valence-corrected chi connectivity index (χ3v) is 1.89. The summed E-state index contributed by atoms with van der Waals surface area (Å²) in [5.74, 6) is -0.918. The third kappa shape index (κ3) is 2.50. The van der Waals surface area contributed by atoms with Gasteiger partial charge in [0.1, 0.15) is 6.10 Å². The molecule has 62 valence electrons. The molecule has 0 aliphatic heterocycles. The van der Waals surface area contributed by atoms with Crippen molar-refractivity contribution in [2.45, 2.75) is 31.8 Å². The van der Waals surface area contributed by atoms with Crippen molar-refractivity contribution < 1.29 is 14.3 Å². The van der Waals surface area contributed by atoms with Crippen molar-refractivity contribution in [2.24, 2.45) is 0 Å². The molecule has 0 unspecified atom stereocenters. The predicted octanol–water partition coefficient (Wildman–Crippen LogP) is 1.24. The van der Waals surface area contributed by atoms with Crippen molar-refractivity contribution in [1.82, 2.24) is 0 Å². The lowest BCUT2D eigenvalue weighted by atomic mass is 10.3. The van der Waals surface area contributed by atoms with E-state index in [0.29, 0.717) is 0 Å². The fourth-order valence-electron chi connectivity index (χ4n) is 1.20. The summed E-state index contributed by atoms with van der Waals surface area (Å²) in [4.78, 5) is 20.8. The maximum atomic E-state index is 10.6. The number of carbonyl (C=O) groups excluding carboxylic acids is 2. The van der Waals surface area contributed by atoms with Crippen LogP contribution >= 0.6 is 11.6 Å². The molecule has 1 fully saturated rings. The molecule has 1 rings (SSSR count). The lowest BCUT2D eigenvalue weighted by Crippen LogP contribution is -2.18. The molecule has 0 heterocycles. The molecule has 0 saturated heterocycles. The van der Waals surface area contributed by atoms with Crippen molar-refractivity contribution in [3.05, 3.63) is 0 Å². The predicted molar refractivity (Wildman–Crippen MR) is 39.2 cm³/mol. The molecule has 0 spiro atoms. The molecule has 1 aliphatic carbocycles. The lowest BCUT2D eigenvalue weighted by Gasteiger charge is -2.07. The van der Waals surface area contributed by atoms with Crippen LogP contribution in [-0.4, -0.2) is 17.3 Å². The fraction of sp³-hybridized carbons (Fsp3) is 0.714. The molecule has 1 saturated carbocycles. The number of esters is 1. The summed E-state index contributed by atoms with van der Waals surface area (Å²) in [7, 11) is 0. The summed E-state index contributed by atoms with van der Waals surface area (Å²) in [6, 6.07) is 0. The molecule has 0 amide bonds. The lowest BCUT2D eigenvalue weighted by molar-refractivity contribution is -0.154. The first kappa shape index (κ1) is 8.53. The van der Waals surface area contributed by atoms with Crippen LogP contribution in [0.2, 0.25) is 0 Å². The maximum Gasteiger partial charge on any atom is 0.391 e. The zero-order valence-corrected chi connectivity index (χ0v) is 6.76. The van der Waals surface area contributed by atoms with E-state index >= 15 is 0 Å². The van der Waals surface area contributed by atoms with Crippen LogP contribution in [-0.2, 0) is 14.3 Å². The Morgan fingerprint density at radius 3 is 2.27 bits per heavy atom. The maximum absolute atomic E-state index is 10.6. The first-order chi connectivity index (χ1) is 5.20. The minimum atomic E-state index is -1.03. The zero-order valence-electron chi connectivity index (χ0n) is 6.01. The Bertz CT molecular complexity index is 173. The van der Waals surface area contributed by atoms with Crippen molar-refractivity contribution in [2.75, 3.05) is 0 Å². The van der Waals surface area contributed by atoms with Crippen molar-refractivity contribution >= 4 is 22.8 Å². The van der Waals surface area contributed by atoms with E-state index in [1.165, 1.54) is 0 Å². The van der Waals surface area contributed by atoms with Crippen LogP contribution in [0.1, 0.15) is 25.7 Å². The van der Waals surface area contributed by atoms with Gasteiger partial charge in [0.15, 0.2) is 0 Å². The van der Waals surface area contributed by atoms with E-state index in [9.17, 15) is 9.59 Å². The highest BCUT2D eigenvalue weighted by molar-refractivity contribution is 6.80. The first-order valence-electron chi connectivity index (χ1n) is 3.60. The van der Waals surface area contributed by atoms with Gasteiger partial charge in [0.05, 0.1) is 0 Å². The molecule has 1 aliphatic rings. The van der Waals surface area contributed by atoms with Gasteiger partial charge in [-0.2, -0.15) is 0 Å². The summed E-state index contributed by atoms with van der Waals surface area (Å²) < 4.78 is 4.75. The second kappa shape index (κ2) is 3.72. The van der Waals surface area contributed by atoms with Crippen LogP contribution in [0.3, 0.4) is 0 Å². The summed E-state index contributed by atoms with van der Waals surface area (Å²) in [6.07, 6.45) is 3.76. The van der Waals surface area contributed by atoms with Gasteiger partial charge in [-0.25, -0.2) is 4.79 Å². The quantitative estimate of drug-likeness (QED) is 0.361. The van der Waals surface area contributed by atoms with Crippen LogP contribution in [0.5, 0.6) is 0 Å². The molecular weight excluding hydrogens is 168 g/mol. The molecule has 0 aromatic heterocycles. The largest absolute Gasteiger partial charge is 0.456 e. The third-order valence-electron chi connectivity index (χ3n) is 1.74. The molecule has 0 radical (unpaired) electrons. The van der Waals surface area contributed by atoms with Gasteiger partial charge in [-0.1, -0.05) is 0 Å². The summed E-state index contributed by atoms with van der Waals surface area (Å²) in [5.41, 5.74) is 0. The van der Waals surface area contributed by atoms with E-state index in [4.69, 9.17) is 16.3 Å². The Hall–Kier alpha value is -0.570. The number of ether oxygens (including phenoxy) is 1. The number of rotatable bonds is 2. The standard InChI is InChI=1S/C7H9ClO3/c8-6(9)7(10)11-5-3-1-2-4-5/h5H,1-4H2. The molecule has 0 atom stereocenters. The van der Waals surface area contributed by atoms with Gasteiger partial charge in [-0.3, -0.25) is 4.79 Å². The molecule has 3 nitrogen and oxygen atoms in total. The Balaban J connectivity index is 2.29. The first-order valence-corrected chi connectivity index (χ1v) is 3.98. The van der Waals surface area contributed by atoms with Gasteiger partial charge < -0.3 is 4.74 Å². The van der Waals surface area contributed by atoms with Crippen LogP contribution in [0, 0.1) is 0 Å². The Labute approximate surface area is 69.7 Å². The molecule has 0 bridgehead atoms. The van der Waals surface area contributed by atoms with Gasteiger partial charge in [0.2, 0.25) is 0 Å². The highest BCUT2D eigenvalue weighted by Crippen LogP contribution is 2.20. The number of halogens is 1. The SMILES string of the molecule is O=C(Cl)C(=O)OC1CCCC1. The van der Waals surface area contributed by atoms with Crippen molar-refractivity contribution in [1.29, 1.82) is 0 Å². The smallest absolute Gasteiger partial charge is 0.391 e. The van der Waals surface area contributed by atoms with Gasteiger partial charge in [0, 0.05) is 0 Å². The van der Waals surface area contributed by atoms with E-state index < -0.39 is 11.2 Å². The highest BCUT2D eigenvalue weighted by atomic mass is 35.5. The molecular formula is C7H9ClO3. The number of hydrogen-bond acceptors (Lipinski definition) is 3. The van der Waals surface area contributed by atoms with Gasteiger partial charge in [-0.05, 0) is 37.3 Å². The second-order valence-electron chi connectivity index (χ2n) is 2.59. The van der Waals surface area contributed by atoms with E-state index in [-0.39, 0.29) is 6.10 Å². The van der Waals surface area contributed by atoms with Gasteiger partial charge in [-0.15, -0.1) is 0 Å². The minimum Gasteiger partial charge on any atom is -0.456 e. The van der Waals surface area contributed by atoms with Crippen LogP contribution in [0.25, 0.3) is 0 Å². The van der Waals surface area contributed by atoms with Gasteiger partial charge in [0.25, 0.3) is 0 Å². The Kier molecular flexibility index (Phi) is 2.88. The normalized spacial score (nSPS) is 18.3. The van der Waals surface area contributed by atoms with E-state index in [1.807, 2.05) is 0 Å². The fourth-order valence-corrected chi connectivity index (χ4v) is 1.25. The van der Waals surface area contributed by atoms with E-state index in [2.05, 4.69) is 0 Å². The topological polar surface area (TPSA) is 43.4 Å². The summed E-state index contributed by atoms with van der Waals surface area (Å²) in [6.45, 7) is 0. The summed E-state index contributed by atoms with van der Waals surface area (Å²) in [5, 5.41) is -1.03. The summed E-state index contributed by atoms with van der Waals surface area (Å²) >= 11 is 4.89. The monoisotopic (exact) mass is 176 g/mol. The number of carbonyl (C=O) groups is 2. The van der Waals surface area contributed by atoms with Crippen LogP contribution in [0.4, 0.5) is 0 Å². The van der Waals surface area contributed by atoms with E-state index in [0.717, 1.165) is 25.7 Å². The average molecular weight is 177 g/mol. The van der Waals surface area contributed by atoms with Gasteiger partial charge >= 0.3 is 11.2 Å². The molecule has 4 heteroatoms. The van der Waals surface area contributed by atoms with Crippen LogP contribution < -0.4 is 0 Å². The average Bonchev–Trinajstić information content (AvgIpc) is 2.39.